The van der Waals surface area contributed by atoms with Crippen LogP contribution < -0.4 is 20.7 Å². The zero-order chi connectivity index (χ0) is 23.0. The molecule has 2 amide bonds. The van der Waals surface area contributed by atoms with Crippen LogP contribution in [0.2, 0.25) is 0 Å². The number of methoxy groups -OCH3 is 1. The van der Waals surface area contributed by atoms with Gasteiger partial charge in [-0.25, -0.2) is 0 Å². The van der Waals surface area contributed by atoms with Crippen molar-refractivity contribution >= 4 is 35.1 Å². The maximum Gasteiger partial charge on any atom is 0.432 e. The van der Waals surface area contributed by atoms with Gasteiger partial charge in [0.2, 0.25) is 5.91 Å². The minimum atomic E-state index is -4.94. The van der Waals surface area contributed by atoms with Crippen LogP contribution in [-0.4, -0.2) is 31.3 Å². The van der Waals surface area contributed by atoms with Gasteiger partial charge in [0.05, 0.1) is 12.7 Å². The second kappa shape index (κ2) is 10.1. The van der Waals surface area contributed by atoms with Gasteiger partial charge in [0, 0.05) is 23.3 Å². The van der Waals surface area contributed by atoms with Crippen molar-refractivity contribution in [3.63, 3.8) is 0 Å². The number of alkyl halides is 3. The Kier molecular flexibility index (Phi) is 7.56. The first-order chi connectivity index (χ1) is 14.7. The summed E-state index contributed by atoms with van der Waals surface area (Å²) in [6, 6.07) is 11.4. The molecule has 10 heteroatoms. The number of ether oxygens (including phenoxy) is 1. The van der Waals surface area contributed by atoms with Gasteiger partial charge in [0.25, 0.3) is 5.91 Å². The van der Waals surface area contributed by atoms with Gasteiger partial charge in [0.1, 0.15) is 11.4 Å². The summed E-state index contributed by atoms with van der Waals surface area (Å²) in [5, 5.41) is 14.3. The second-order valence-electron chi connectivity index (χ2n) is 6.01. The van der Waals surface area contributed by atoms with E-state index in [4.69, 9.17) is 10.1 Å². The standard InChI is InChI=1S/C21H19F3N4O3/c1-3-18(29)26-14-5-4-6-15(11-14)28-20(30)17(12-25)19(21(22,23)24)27-13-7-9-16(31-2)10-8-13/h3-12,25,27H,1H2,2H3,(H,26,29)(H,28,30)/b19-17+,25-12?. The van der Waals surface area contributed by atoms with Gasteiger partial charge >= 0.3 is 6.18 Å². The lowest BCUT2D eigenvalue weighted by Gasteiger charge is -2.18. The topological polar surface area (TPSA) is 103 Å². The summed E-state index contributed by atoms with van der Waals surface area (Å²) < 4.78 is 45.9. The van der Waals surface area contributed by atoms with Crippen LogP contribution in [0.25, 0.3) is 0 Å². The SMILES string of the molecule is C=CC(=O)Nc1cccc(NC(=O)/C(C=N)=C(/Nc2ccc(OC)cc2)C(F)(F)F)c1. The number of amides is 2. The molecule has 0 saturated heterocycles. The van der Waals surface area contributed by atoms with Gasteiger partial charge in [-0.05, 0) is 48.5 Å². The number of hydrogen-bond donors (Lipinski definition) is 4. The minimum Gasteiger partial charge on any atom is -0.497 e. The molecule has 7 nitrogen and oxygen atoms in total. The van der Waals surface area contributed by atoms with Crippen molar-refractivity contribution < 1.29 is 27.5 Å². The number of carbonyl (C=O) groups is 2. The van der Waals surface area contributed by atoms with Crippen LogP contribution in [0.3, 0.4) is 0 Å². The zero-order valence-corrected chi connectivity index (χ0v) is 16.3. The van der Waals surface area contributed by atoms with E-state index in [0.717, 1.165) is 6.08 Å². The van der Waals surface area contributed by atoms with E-state index in [9.17, 15) is 22.8 Å². The lowest BCUT2D eigenvalue weighted by atomic mass is 10.1. The van der Waals surface area contributed by atoms with Gasteiger partial charge in [-0.1, -0.05) is 12.6 Å². The molecule has 0 heterocycles. The molecule has 0 aliphatic carbocycles. The Bertz CT molecular complexity index is 1020. The number of halogens is 3. The molecular weight excluding hydrogens is 413 g/mol. The lowest BCUT2D eigenvalue weighted by molar-refractivity contribution is -0.114. The maximum absolute atomic E-state index is 13.6. The van der Waals surface area contributed by atoms with E-state index in [2.05, 4.69) is 22.5 Å². The van der Waals surface area contributed by atoms with Crippen molar-refractivity contribution in [2.45, 2.75) is 6.18 Å². The fourth-order valence-electron chi connectivity index (χ4n) is 2.43. The van der Waals surface area contributed by atoms with Crippen LogP contribution in [0, 0.1) is 5.41 Å². The molecule has 2 aromatic carbocycles. The van der Waals surface area contributed by atoms with E-state index in [1.54, 1.807) is 0 Å². The van der Waals surface area contributed by atoms with Crippen LogP contribution in [0.4, 0.5) is 30.2 Å². The molecule has 0 aromatic heterocycles. The summed E-state index contributed by atoms with van der Waals surface area (Å²) in [5.41, 5.74) is -1.85. The van der Waals surface area contributed by atoms with Crippen molar-refractivity contribution in [2.75, 3.05) is 23.1 Å². The average Bonchev–Trinajstić information content (AvgIpc) is 2.73. The van der Waals surface area contributed by atoms with Crippen LogP contribution in [0.15, 0.2) is 72.5 Å². The molecule has 0 bridgehead atoms. The first kappa shape index (κ1) is 23.2. The van der Waals surface area contributed by atoms with Crippen molar-refractivity contribution in [3.05, 3.63) is 72.5 Å². The zero-order valence-electron chi connectivity index (χ0n) is 16.3. The lowest BCUT2D eigenvalue weighted by Crippen LogP contribution is -2.27. The predicted molar refractivity (Wildman–Crippen MR) is 112 cm³/mol. The highest BCUT2D eigenvalue weighted by Crippen LogP contribution is 2.30. The van der Waals surface area contributed by atoms with E-state index in [-0.39, 0.29) is 11.4 Å². The molecule has 0 unspecified atom stereocenters. The molecule has 162 valence electrons. The number of rotatable bonds is 8. The molecular formula is C21H19F3N4O3. The summed E-state index contributed by atoms with van der Waals surface area (Å²) in [6.45, 7) is 3.31. The monoisotopic (exact) mass is 432 g/mol. The summed E-state index contributed by atoms with van der Waals surface area (Å²) in [7, 11) is 1.42. The van der Waals surface area contributed by atoms with Crippen LogP contribution in [0.5, 0.6) is 5.75 Å². The largest absolute Gasteiger partial charge is 0.497 e. The molecule has 0 radical (unpaired) electrons. The van der Waals surface area contributed by atoms with Crippen molar-refractivity contribution in [1.29, 1.82) is 5.41 Å². The first-order valence-electron chi connectivity index (χ1n) is 8.75. The summed E-state index contributed by atoms with van der Waals surface area (Å²) in [6.07, 6.45) is -3.58. The number of benzene rings is 2. The molecule has 0 spiro atoms. The van der Waals surface area contributed by atoms with Crippen LogP contribution in [0.1, 0.15) is 0 Å². The van der Waals surface area contributed by atoms with Gasteiger partial charge in [-0.2, -0.15) is 13.2 Å². The normalized spacial score (nSPS) is 11.6. The van der Waals surface area contributed by atoms with E-state index >= 15 is 0 Å². The van der Waals surface area contributed by atoms with Crippen molar-refractivity contribution in [2.24, 2.45) is 0 Å². The van der Waals surface area contributed by atoms with E-state index in [1.807, 2.05) is 0 Å². The average molecular weight is 432 g/mol. The Labute approximate surface area is 176 Å². The maximum atomic E-state index is 13.6. The summed E-state index contributed by atoms with van der Waals surface area (Å²) >= 11 is 0. The number of allylic oxidation sites excluding steroid dienone is 1. The van der Waals surface area contributed by atoms with Crippen molar-refractivity contribution in [1.82, 2.24) is 0 Å². The Morgan fingerprint density at radius 3 is 2.13 bits per heavy atom. The molecule has 0 fully saturated rings. The summed E-state index contributed by atoms with van der Waals surface area (Å²) in [4.78, 5) is 23.9. The van der Waals surface area contributed by atoms with Gasteiger partial charge in [-0.15, -0.1) is 0 Å². The van der Waals surface area contributed by atoms with Crippen LogP contribution in [-0.2, 0) is 9.59 Å². The van der Waals surface area contributed by atoms with Gasteiger partial charge in [0.15, 0.2) is 0 Å². The Morgan fingerprint density at radius 1 is 1.00 bits per heavy atom. The molecule has 0 aliphatic heterocycles. The van der Waals surface area contributed by atoms with Gasteiger partial charge < -0.3 is 26.1 Å². The predicted octanol–water partition coefficient (Wildman–Crippen LogP) is 4.34. The molecule has 0 aliphatic rings. The smallest absolute Gasteiger partial charge is 0.432 e. The van der Waals surface area contributed by atoms with E-state index in [1.165, 1.54) is 55.6 Å². The van der Waals surface area contributed by atoms with Gasteiger partial charge in [-0.3, -0.25) is 9.59 Å². The molecule has 4 N–H and O–H groups in total. The van der Waals surface area contributed by atoms with Crippen LogP contribution >= 0.6 is 0 Å². The number of hydrogen-bond acceptors (Lipinski definition) is 5. The molecule has 2 rings (SSSR count). The number of nitrogens with one attached hydrogen (secondary N) is 4. The minimum absolute atomic E-state index is 0.0504. The molecule has 0 atom stereocenters. The Hall–Kier alpha value is -4.08. The summed E-state index contributed by atoms with van der Waals surface area (Å²) in [5.74, 6) is -1.21. The first-order valence-corrected chi connectivity index (χ1v) is 8.75. The van der Waals surface area contributed by atoms with E-state index in [0.29, 0.717) is 17.7 Å². The fourth-order valence-corrected chi connectivity index (χ4v) is 2.43. The Balaban J connectivity index is 2.33. The second-order valence-corrected chi connectivity index (χ2v) is 6.01. The molecule has 0 saturated carbocycles. The molecule has 2 aromatic rings. The third-order valence-corrected chi connectivity index (χ3v) is 3.87. The highest BCUT2D eigenvalue weighted by atomic mass is 19.4. The third kappa shape index (κ3) is 6.46. The van der Waals surface area contributed by atoms with E-state index < -0.39 is 29.3 Å². The highest BCUT2D eigenvalue weighted by Gasteiger charge is 2.38. The quantitative estimate of drug-likeness (QED) is 0.368. The highest BCUT2D eigenvalue weighted by molar-refractivity contribution is 6.18. The third-order valence-electron chi connectivity index (χ3n) is 3.87. The number of carbonyl (C=O) groups excluding carboxylic acids is 2. The Morgan fingerprint density at radius 2 is 1.61 bits per heavy atom. The molecule has 31 heavy (non-hydrogen) atoms. The number of anilines is 3. The fraction of sp³-hybridized carbons (Fsp3) is 0.0952. The van der Waals surface area contributed by atoms with Crippen molar-refractivity contribution in [3.8, 4) is 5.75 Å².